The molecule has 0 saturated carbocycles. The lowest BCUT2D eigenvalue weighted by molar-refractivity contribution is 0.411. The zero-order chi connectivity index (χ0) is 18.3. The Labute approximate surface area is 158 Å². The Balaban J connectivity index is 1.63. The molecule has 0 amide bonds. The van der Waals surface area contributed by atoms with E-state index in [2.05, 4.69) is 4.98 Å². The maximum absolute atomic E-state index is 13.1. The van der Waals surface area contributed by atoms with Gasteiger partial charge >= 0.3 is 0 Å². The molecule has 0 atom stereocenters. The van der Waals surface area contributed by atoms with Crippen molar-refractivity contribution < 1.29 is 9.50 Å². The number of hydrogen-bond acceptors (Lipinski definition) is 4. The highest BCUT2D eigenvalue weighted by Gasteiger charge is 2.31. The van der Waals surface area contributed by atoms with Gasteiger partial charge in [0, 0.05) is 21.7 Å². The molecule has 2 N–H and O–H groups in total. The number of aliphatic hydroxyl groups is 1. The lowest BCUT2D eigenvalue weighted by atomic mass is 10.2. The summed E-state index contributed by atoms with van der Waals surface area (Å²) < 4.78 is 13.1. The van der Waals surface area contributed by atoms with Gasteiger partial charge in [-0.25, -0.2) is 9.37 Å². The predicted molar refractivity (Wildman–Crippen MR) is 104 cm³/mol. The molecule has 1 aromatic heterocycles. The van der Waals surface area contributed by atoms with Crippen LogP contribution in [0.25, 0.3) is 16.8 Å². The van der Waals surface area contributed by atoms with Gasteiger partial charge in [0.1, 0.15) is 22.4 Å². The van der Waals surface area contributed by atoms with Gasteiger partial charge in [0.15, 0.2) is 0 Å². The van der Waals surface area contributed by atoms with Crippen LogP contribution < -0.4 is 4.90 Å². The summed E-state index contributed by atoms with van der Waals surface area (Å²) in [5.41, 5.74) is 2.72. The van der Waals surface area contributed by atoms with E-state index in [1.54, 1.807) is 29.2 Å². The monoisotopic (exact) mass is 385 g/mol. The molecule has 0 radical (unpaired) electrons. The predicted octanol–water partition coefficient (Wildman–Crippen LogP) is 5.37. The molecule has 1 aliphatic heterocycles. The van der Waals surface area contributed by atoms with Gasteiger partial charge in [0.05, 0.1) is 17.8 Å². The van der Waals surface area contributed by atoms with Crippen molar-refractivity contribution in [2.24, 2.45) is 0 Å². The molecule has 4 nitrogen and oxygen atoms in total. The van der Waals surface area contributed by atoms with Crippen LogP contribution in [0.5, 0.6) is 0 Å². The molecule has 2 heterocycles. The Morgan fingerprint density at radius 1 is 1.12 bits per heavy atom. The first kappa shape index (κ1) is 16.8. The van der Waals surface area contributed by atoms with E-state index in [1.165, 1.54) is 23.5 Å². The standard InChI is InChI=1S/C19H13ClFN3OS/c20-12-3-1-11(2-4-12)15-10-26-19(23-15)17-16(25)9-24(18(17)22)14-7-5-13(21)6-8-14/h1-8,10,22,25H,9H2. The van der Waals surface area contributed by atoms with Crippen LogP contribution in [-0.4, -0.2) is 22.5 Å². The average Bonchev–Trinajstić information content (AvgIpc) is 3.21. The molecule has 0 spiro atoms. The van der Waals surface area contributed by atoms with E-state index in [0.29, 0.717) is 21.3 Å². The van der Waals surface area contributed by atoms with Gasteiger partial charge in [-0.05, 0) is 36.4 Å². The fourth-order valence-electron chi connectivity index (χ4n) is 2.79. The molecule has 4 rings (SSSR count). The number of halogens is 2. The lowest BCUT2D eigenvalue weighted by Crippen LogP contribution is -2.25. The average molecular weight is 386 g/mol. The minimum Gasteiger partial charge on any atom is -0.510 e. The number of thiazole rings is 1. The first-order valence-corrected chi connectivity index (χ1v) is 9.04. The number of nitrogens with one attached hydrogen (secondary N) is 1. The SMILES string of the molecule is N=C1C(c2nc(-c3ccc(Cl)cc3)cs2)=C(O)CN1c1ccc(F)cc1. The fourth-order valence-corrected chi connectivity index (χ4v) is 3.81. The van der Waals surface area contributed by atoms with Crippen molar-refractivity contribution in [1.82, 2.24) is 4.98 Å². The van der Waals surface area contributed by atoms with Gasteiger partial charge in [0.25, 0.3) is 0 Å². The summed E-state index contributed by atoms with van der Waals surface area (Å²) in [6.07, 6.45) is 0. The summed E-state index contributed by atoms with van der Waals surface area (Å²) in [7, 11) is 0. The minimum absolute atomic E-state index is 0.0799. The molecule has 0 unspecified atom stereocenters. The third kappa shape index (κ3) is 2.98. The number of aromatic nitrogens is 1. The smallest absolute Gasteiger partial charge is 0.139 e. The first-order chi connectivity index (χ1) is 12.5. The Bertz CT molecular complexity index is 1010. The van der Waals surface area contributed by atoms with Crippen molar-refractivity contribution >= 4 is 40.0 Å². The van der Waals surface area contributed by atoms with Gasteiger partial charge in [-0.15, -0.1) is 11.3 Å². The van der Waals surface area contributed by atoms with Gasteiger partial charge < -0.3 is 10.0 Å². The van der Waals surface area contributed by atoms with Crippen molar-refractivity contribution in [2.45, 2.75) is 0 Å². The molecule has 26 heavy (non-hydrogen) atoms. The number of anilines is 1. The zero-order valence-electron chi connectivity index (χ0n) is 13.4. The van der Waals surface area contributed by atoms with Crippen LogP contribution in [0.4, 0.5) is 10.1 Å². The second-order valence-corrected chi connectivity index (χ2v) is 7.07. The van der Waals surface area contributed by atoms with Gasteiger partial charge in [-0.1, -0.05) is 23.7 Å². The molecule has 7 heteroatoms. The Kier molecular flexibility index (Phi) is 4.22. The van der Waals surface area contributed by atoms with E-state index in [0.717, 1.165) is 11.3 Å². The van der Waals surface area contributed by atoms with Crippen LogP contribution in [0.1, 0.15) is 5.01 Å². The highest BCUT2D eigenvalue weighted by atomic mass is 35.5. The maximum atomic E-state index is 13.1. The van der Waals surface area contributed by atoms with E-state index in [-0.39, 0.29) is 24.0 Å². The van der Waals surface area contributed by atoms with Crippen molar-refractivity contribution in [3.05, 3.63) is 75.5 Å². The molecule has 3 aromatic rings. The third-order valence-corrected chi connectivity index (χ3v) is 5.21. The third-order valence-electron chi connectivity index (χ3n) is 4.10. The number of aliphatic hydroxyl groups excluding tert-OH is 1. The van der Waals surface area contributed by atoms with Crippen LogP contribution in [0, 0.1) is 11.2 Å². The van der Waals surface area contributed by atoms with Crippen LogP contribution in [0.15, 0.2) is 59.7 Å². The molecular weight excluding hydrogens is 373 g/mol. The topological polar surface area (TPSA) is 60.2 Å². The summed E-state index contributed by atoms with van der Waals surface area (Å²) >= 11 is 7.28. The summed E-state index contributed by atoms with van der Waals surface area (Å²) in [4.78, 5) is 6.18. The fraction of sp³-hybridized carbons (Fsp3) is 0.0526. The molecule has 130 valence electrons. The molecule has 0 fully saturated rings. The van der Waals surface area contributed by atoms with Gasteiger partial charge in [0.2, 0.25) is 0 Å². The van der Waals surface area contributed by atoms with Gasteiger partial charge in [-0.2, -0.15) is 0 Å². The second-order valence-electron chi connectivity index (χ2n) is 5.78. The quantitative estimate of drug-likeness (QED) is 0.637. The maximum Gasteiger partial charge on any atom is 0.139 e. The van der Waals surface area contributed by atoms with E-state index in [1.807, 2.05) is 17.5 Å². The van der Waals surface area contributed by atoms with Crippen LogP contribution in [0.3, 0.4) is 0 Å². The molecule has 0 saturated heterocycles. The lowest BCUT2D eigenvalue weighted by Gasteiger charge is -2.18. The number of nitrogens with zero attached hydrogens (tertiary/aromatic N) is 2. The van der Waals surface area contributed by atoms with Crippen molar-refractivity contribution in [2.75, 3.05) is 11.4 Å². The highest BCUT2D eigenvalue weighted by Crippen LogP contribution is 2.34. The summed E-state index contributed by atoms with van der Waals surface area (Å²) in [6.45, 7) is 0.162. The Morgan fingerprint density at radius 3 is 2.50 bits per heavy atom. The first-order valence-electron chi connectivity index (χ1n) is 7.79. The van der Waals surface area contributed by atoms with E-state index in [9.17, 15) is 9.50 Å². The zero-order valence-corrected chi connectivity index (χ0v) is 15.0. The largest absolute Gasteiger partial charge is 0.510 e. The van der Waals surface area contributed by atoms with Crippen molar-refractivity contribution in [3.63, 3.8) is 0 Å². The number of hydrogen-bond donors (Lipinski definition) is 2. The number of benzene rings is 2. The van der Waals surface area contributed by atoms with Crippen LogP contribution in [0.2, 0.25) is 5.02 Å². The van der Waals surface area contributed by atoms with E-state index < -0.39 is 0 Å². The molecule has 0 aliphatic carbocycles. The molecule has 2 aromatic carbocycles. The minimum atomic E-state index is -0.343. The van der Waals surface area contributed by atoms with Gasteiger partial charge in [-0.3, -0.25) is 5.41 Å². The number of rotatable bonds is 3. The Hall–Kier alpha value is -2.70. The summed E-state index contributed by atoms with van der Waals surface area (Å²) in [5, 5.41) is 21.9. The van der Waals surface area contributed by atoms with Crippen LogP contribution >= 0.6 is 22.9 Å². The summed E-state index contributed by atoms with van der Waals surface area (Å²) in [6, 6.07) is 13.2. The number of amidine groups is 1. The highest BCUT2D eigenvalue weighted by molar-refractivity contribution is 7.11. The normalized spacial score (nSPS) is 14.4. The molecular formula is C19H13ClFN3OS. The van der Waals surface area contributed by atoms with Crippen molar-refractivity contribution in [1.29, 1.82) is 5.41 Å². The van der Waals surface area contributed by atoms with E-state index in [4.69, 9.17) is 17.0 Å². The van der Waals surface area contributed by atoms with Crippen molar-refractivity contribution in [3.8, 4) is 11.3 Å². The molecule has 1 aliphatic rings. The Morgan fingerprint density at radius 2 is 1.81 bits per heavy atom. The summed E-state index contributed by atoms with van der Waals surface area (Å²) in [5.74, 6) is -0.119. The van der Waals surface area contributed by atoms with Crippen LogP contribution in [-0.2, 0) is 0 Å². The van der Waals surface area contributed by atoms with E-state index >= 15 is 0 Å². The second kappa shape index (κ2) is 6.55. The molecule has 0 bridgehead atoms.